The van der Waals surface area contributed by atoms with Crippen LogP contribution in [0.5, 0.6) is 11.6 Å². The number of ether oxygens (including phenoxy) is 1. The van der Waals surface area contributed by atoms with Crippen molar-refractivity contribution in [3.05, 3.63) is 50.9 Å². The molecule has 6 nitrogen and oxygen atoms in total. The zero-order valence-corrected chi connectivity index (χ0v) is 12.5. The number of hydrogen-bond acceptors (Lipinski definition) is 5. The van der Waals surface area contributed by atoms with E-state index in [2.05, 4.69) is 25.9 Å². The maximum atomic E-state index is 10.9. The standard InChI is InChI=1S/C13H12BrN3O3/c1-8(2)13-15-11(14)7-12(16-13)20-10-6-4-3-5-9(10)17(18)19/h3-8H,1-2H3. The highest BCUT2D eigenvalue weighted by molar-refractivity contribution is 9.10. The zero-order valence-electron chi connectivity index (χ0n) is 10.9. The molecular weight excluding hydrogens is 326 g/mol. The number of nitrogens with zero attached hydrogens (tertiary/aromatic N) is 3. The van der Waals surface area contributed by atoms with Gasteiger partial charge in [0.15, 0.2) is 0 Å². The lowest BCUT2D eigenvalue weighted by molar-refractivity contribution is -0.385. The highest BCUT2D eigenvalue weighted by atomic mass is 79.9. The van der Waals surface area contributed by atoms with E-state index >= 15 is 0 Å². The molecule has 1 aromatic heterocycles. The van der Waals surface area contributed by atoms with Crippen molar-refractivity contribution in [2.75, 3.05) is 0 Å². The highest BCUT2D eigenvalue weighted by Crippen LogP contribution is 2.31. The quantitative estimate of drug-likeness (QED) is 0.477. The van der Waals surface area contributed by atoms with Crippen molar-refractivity contribution < 1.29 is 9.66 Å². The van der Waals surface area contributed by atoms with Gasteiger partial charge in [-0.3, -0.25) is 10.1 Å². The number of rotatable bonds is 4. The number of para-hydroxylation sites is 2. The first-order valence-electron chi connectivity index (χ1n) is 5.93. The van der Waals surface area contributed by atoms with Gasteiger partial charge in [-0.15, -0.1) is 0 Å². The van der Waals surface area contributed by atoms with E-state index in [0.29, 0.717) is 10.4 Å². The van der Waals surface area contributed by atoms with E-state index < -0.39 is 4.92 Å². The van der Waals surface area contributed by atoms with Gasteiger partial charge in [-0.05, 0) is 22.0 Å². The molecule has 20 heavy (non-hydrogen) atoms. The van der Waals surface area contributed by atoms with E-state index in [9.17, 15) is 10.1 Å². The van der Waals surface area contributed by atoms with Crippen LogP contribution < -0.4 is 4.74 Å². The molecule has 0 saturated heterocycles. The van der Waals surface area contributed by atoms with Gasteiger partial charge in [-0.25, -0.2) is 4.98 Å². The monoisotopic (exact) mass is 337 g/mol. The predicted molar refractivity (Wildman–Crippen MR) is 77.0 cm³/mol. The number of nitro benzene ring substituents is 1. The number of nitro groups is 1. The van der Waals surface area contributed by atoms with Crippen LogP contribution in [0.3, 0.4) is 0 Å². The second kappa shape index (κ2) is 5.96. The molecule has 1 heterocycles. The van der Waals surface area contributed by atoms with Crippen molar-refractivity contribution in [1.82, 2.24) is 9.97 Å². The molecule has 0 amide bonds. The molecule has 0 radical (unpaired) electrons. The molecule has 0 spiro atoms. The summed E-state index contributed by atoms with van der Waals surface area (Å²) in [6.45, 7) is 3.91. The highest BCUT2D eigenvalue weighted by Gasteiger charge is 2.16. The van der Waals surface area contributed by atoms with Gasteiger partial charge in [0.25, 0.3) is 0 Å². The summed E-state index contributed by atoms with van der Waals surface area (Å²) in [6, 6.07) is 7.74. The summed E-state index contributed by atoms with van der Waals surface area (Å²) in [4.78, 5) is 18.9. The lowest BCUT2D eigenvalue weighted by Gasteiger charge is -2.09. The Hall–Kier alpha value is -2.02. The van der Waals surface area contributed by atoms with Crippen LogP contribution >= 0.6 is 15.9 Å². The third-order valence-corrected chi connectivity index (χ3v) is 2.89. The van der Waals surface area contributed by atoms with E-state index in [-0.39, 0.29) is 23.2 Å². The van der Waals surface area contributed by atoms with Gasteiger partial charge in [-0.1, -0.05) is 26.0 Å². The van der Waals surface area contributed by atoms with E-state index in [1.807, 2.05) is 13.8 Å². The molecule has 7 heteroatoms. The first-order valence-corrected chi connectivity index (χ1v) is 6.72. The molecule has 0 aliphatic carbocycles. The fourth-order valence-corrected chi connectivity index (χ4v) is 1.91. The molecule has 0 bridgehead atoms. The summed E-state index contributed by atoms with van der Waals surface area (Å²) in [6.07, 6.45) is 0. The van der Waals surface area contributed by atoms with Crippen LogP contribution in [-0.2, 0) is 0 Å². The Morgan fingerprint density at radius 3 is 2.65 bits per heavy atom. The molecule has 1 aromatic carbocycles. The minimum atomic E-state index is -0.491. The smallest absolute Gasteiger partial charge is 0.311 e. The molecule has 0 fully saturated rings. The van der Waals surface area contributed by atoms with Crippen molar-refractivity contribution >= 4 is 21.6 Å². The lowest BCUT2D eigenvalue weighted by atomic mass is 10.2. The maximum Gasteiger partial charge on any atom is 0.311 e. The van der Waals surface area contributed by atoms with Crippen LogP contribution in [-0.4, -0.2) is 14.9 Å². The number of hydrogen-bond donors (Lipinski definition) is 0. The van der Waals surface area contributed by atoms with Crippen LogP contribution in [0.2, 0.25) is 0 Å². The average molecular weight is 338 g/mol. The fraction of sp³-hybridized carbons (Fsp3) is 0.231. The second-order valence-corrected chi connectivity index (χ2v) is 5.18. The average Bonchev–Trinajstić information content (AvgIpc) is 2.38. The summed E-state index contributed by atoms with van der Waals surface area (Å²) in [5.41, 5.74) is -0.103. The van der Waals surface area contributed by atoms with E-state index in [1.54, 1.807) is 18.2 Å². The summed E-state index contributed by atoms with van der Waals surface area (Å²) in [5.74, 6) is 1.15. The van der Waals surface area contributed by atoms with Gasteiger partial charge in [-0.2, -0.15) is 4.98 Å². The fourth-order valence-electron chi connectivity index (χ4n) is 1.53. The van der Waals surface area contributed by atoms with Crippen molar-refractivity contribution in [1.29, 1.82) is 0 Å². The van der Waals surface area contributed by atoms with Gasteiger partial charge in [0.1, 0.15) is 10.4 Å². The first-order chi connectivity index (χ1) is 9.47. The minimum Gasteiger partial charge on any atom is -0.432 e. The third kappa shape index (κ3) is 3.30. The summed E-state index contributed by atoms with van der Waals surface area (Å²) >= 11 is 3.28. The molecule has 2 rings (SSSR count). The maximum absolute atomic E-state index is 10.9. The van der Waals surface area contributed by atoms with Gasteiger partial charge < -0.3 is 4.74 Å². The molecule has 2 aromatic rings. The molecule has 0 saturated carbocycles. The third-order valence-electron chi connectivity index (χ3n) is 2.48. The Balaban J connectivity index is 2.38. The van der Waals surface area contributed by atoms with Crippen molar-refractivity contribution in [2.24, 2.45) is 0 Å². The largest absolute Gasteiger partial charge is 0.432 e. The topological polar surface area (TPSA) is 78.2 Å². The van der Waals surface area contributed by atoms with Gasteiger partial charge >= 0.3 is 5.69 Å². The van der Waals surface area contributed by atoms with E-state index in [0.717, 1.165) is 0 Å². The van der Waals surface area contributed by atoms with Crippen molar-refractivity contribution in [2.45, 2.75) is 19.8 Å². The van der Waals surface area contributed by atoms with Crippen LogP contribution in [0.25, 0.3) is 0 Å². The van der Waals surface area contributed by atoms with Gasteiger partial charge in [0.2, 0.25) is 11.6 Å². The summed E-state index contributed by atoms with van der Waals surface area (Å²) in [7, 11) is 0. The van der Waals surface area contributed by atoms with Crippen LogP contribution in [0.4, 0.5) is 5.69 Å². The molecule has 0 N–H and O–H groups in total. The molecule has 104 valence electrons. The zero-order chi connectivity index (χ0) is 14.7. The Bertz CT molecular complexity index is 647. The van der Waals surface area contributed by atoms with E-state index in [1.165, 1.54) is 12.1 Å². The van der Waals surface area contributed by atoms with Crippen LogP contribution in [0.15, 0.2) is 34.9 Å². The van der Waals surface area contributed by atoms with Gasteiger partial charge in [0.05, 0.1) is 4.92 Å². The Labute approximate surface area is 124 Å². The first kappa shape index (κ1) is 14.4. The Morgan fingerprint density at radius 1 is 1.30 bits per heavy atom. The molecular formula is C13H12BrN3O3. The summed E-state index contributed by atoms with van der Waals surface area (Å²) < 4.78 is 6.09. The van der Waals surface area contributed by atoms with Crippen LogP contribution in [0.1, 0.15) is 25.6 Å². The number of benzene rings is 1. The number of aromatic nitrogens is 2. The summed E-state index contributed by atoms with van der Waals surface area (Å²) in [5, 5.41) is 10.9. The Morgan fingerprint density at radius 2 is 2.00 bits per heavy atom. The predicted octanol–water partition coefficient (Wildman–Crippen LogP) is 4.06. The normalized spacial score (nSPS) is 10.6. The van der Waals surface area contributed by atoms with E-state index in [4.69, 9.17) is 4.74 Å². The molecule has 0 aliphatic heterocycles. The minimum absolute atomic E-state index is 0.103. The molecule has 0 atom stereocenters. The Kier molecular flexibility index (Phi) is 4.29. The van der Waals surface area contributed by atoms with Gasteiger partial charge in [0, 0.05) is 18.1 Å². The SMILES string of the molecule is CC(C)c1nc(Br)cc(Oc2ccccc2[N+](=O)[O-])n1. The lowest BCUT2D eigenvalue weighted by Crippen LogP contribution is -2.01. The second-order valence-electron chi connectivity index (χ2n) is 4.37. The van der Waals surface area contributed by atoms with Crippen molar-refractivity contribution in [3.63, 3.8) is 0 Å². The number of halogens is 1. The molecule has 0 unspecified atom stereocenters. The van der Waals surface area contributed by atoms with Crippen LogP contribution in [0, 0.1) is 10.1 Å². The molecule has 0 aliphatic rings. The van der Waals surface area contributed by atoms with Crippen molar-refractivity contribution in [3.8, 4) is 11.6 Å².